The lowest BCUT2D eigenvalue weighted by atomic mass is 9.78. The van der Waals surface area contributed by atoms with Crippen molar-refractivity contribution >= 4 is 17.3 Å². The Morgan fingerprint density at radius 1 is 1.44 bits per heavy atom. The number of nitrogens with one attached hydrogen (secondary N) is 1. The molecule has 1 aromatic rings. The summed E-state index contributed by atoms with van der Waals surface area (Å²) in [6.45, 7) is 1.82. The van der Waals surface area contributed by atoms with Gasteiger partial charge in [-0.15, -0.1) is 0 Å². The normalized spacial score (nSPS) is 31.4. The van der Waals surface area contributed by atoms with Crippen LogP contribution in [0.3, 0.4) is 0 Å². The van der Waals surface area contributed by atoms with Crippen LogP contribution in [0.4, 0.5) is 5.69 Å². The summed E-state index contributed by atoms with van der Waals surface area (Å²) >= 11 is 6.05. The number of halogens is 1. The third-order valence-corrected chi connectivity index (χ3v) is 4.64. The Balaban J connectivity index is 1.87. The fourth-order valence-electron chi connectivity index (χ4n) is 3.31. The Labute approximate surface area is 110 Å². The van der Waals surface area contributed by atoms with Crippen molar-refractivity contribution in [2.24, 2.45) is 17.6 Å². The van der Waals surface area contributed by atoms with Gasteiger partial charge in [-0.1, -0.05) is 18.0 Å². The zero-order valence-electron chi connectivity index (χ0n) is 10.1. The van der Waals surface area contributed by atoms with Crippen LogP contribution < -0.4 is 16.2 Å². The Morgan fingerprint density at radius 3 is 3.06 bits per heavy atom. The highest BCUT2D eigenvalue weighted by Gasteiger charge is 2.39. The molecule has 0 amide bonds. The summed E-state index contributed by atoms with van der Waals surface area (Å²) in [4.78, 5) is 13.6. The largest absolute Gasteiger partial charge is 0.368 e. The van der Waals surface area contributed by atoms with E-state index in [1.54, 1.807) is 6.20 Å². The zero-order chi connectivity index (χ0) is 12.7. The van der Waals surface area contributed by atoms with Crippen LogP contribution >= 0.6 is 11.6 Å². The first kappa shape index (κ1) is 12.0. The molecule has 1 saturated heterocycles. The maximum Gasteiger partial charge on any atom is 0.285 e. The molecule has 1 aliphatic heterocycles. The second-order valence-corrected chi connectivity index (χ2v) is 5.70. The number of anilines is 1. The topological polar surface area (TPSA) is 75.0 Å². The van der Waals surface area contributed by atoms with Crippen molar-refractivity contribution in [3.8, 4) is 0 Å². The van der Waals surface area contributed by atoms with Crippen molar-refractivity contribution in [3.05, 3.63) is 21.6 Å². The molecule has 1 aromatic heterocycles. The highest BCUT2D eigenvalue weighted by atomic mass is 35.5. The fourth-order valence-corrected chi connectivity index (χ4v) is 3.52. The van der Waals surface area contributed by atoms with Gasteiger partial charge >= 0.3 is 0 Å². The number of fused-ring (bicyclic) bond motifs is 1. The highest BCUT2D eigenvalue weighted by Crippen LogP contribution is 2.38. The quantitative estimate of drug-likeness (QED) is 0.796. The Bertz CT molecular complexity index is 503. The minimum atomic E-state index is -0.326. The number of H-pyrrole nitrogens is 1. The number of hydrogen-bond acceptors (Lipinski definition) is 4. The lowest BCUT2D eigenvalue weighted by Gasteiger charge is -2.29. The predicted molar refractivity (Wildman–Crippen MR) is 70.9 cm³/mol. The Kier molecular flexibility index (Phi) is 3.03. The Morgan fingerprint density at radius 2 is 2.28 bits per heavy atom. The van der Waals surface area contributed by atoms with Crippen LogP contribution in [0.2, 0.25) is 5.02 Å². The number of aromatic amines is 1. The Hall–Kier alpha value is -1.07. The summed E-state index contributed by atoms with van der Waals surface area (Å²) in [5.41, 5.74) is 6.60. The zero-order valence-corrected chi connectivity index (χ0v) is 10.9. The summed E-state index contributed by atoms with van der Waals surface area (Å²) in [6.07, 6.45) is 5.17. The number of aromatic nitrogens is 2. The molecule has 3 unspecified atom stereocenters. The monoisotopic (exact) mass is 268 g/mol. The predicted octanol–water partition coefficient (Wildman–Crippen LogP) is 0.987. The second-order valence-electron chi connectivity index (χ2n) is 5.32. The smallest absolute Gasteiger partial charge is 0.285 e. The second kappa shape index (κ2) is 4.55. The molecule has 1 aliphatic carbocycles. The molecule has 6 heteroatoms. The van der Waals surface area contributed by atoms with Gasteiger partial charge < -0.3 is 10.6 Å². The van der Waals surface area contributed by atoms with Crippen molar-refractivity contribution < 1.29 is 0 Å². The van der Waals surface area contributed by atoms with Gasteiger partial charge in [0.05, 0.1) is 11.9 Å². The first-order chi connectivity index (χ1) is 8.66. The van der Waals surface area contributed by atoms with E-state index in [2.05, 4.69) is 15.1 Å². The van der Waals surface area contributed by atoms with E-state index >= 15 is 0 Å². The van der Waals surface area contributed by atoms with Crippen LogP contribution in [0.15, 0.2) is 11.0 Å². The third kappa shape index (κ3) is 1.91. The first-order valence-electron chi connectivity index (χ1n) is 6.40. The number of nitrogens with two attached hydrogens (primary N) is 1. The molecule has 2 fully saturated rings. The van der Waals surface area contributed by atoms with Gasteiger partial charge in [0.2, 0.25) is 0 Å². The van der Waals surface area contributed by atoms with E-state index in [9.17, 15) is 4.79 Å². The maximum absolute atomic E-state index is 11.5. The van der Waals surface area contributed by atoms with Crippen LogP contribution in [0.1, 0.15) is 19.3 Å². The molecule has 1 saturated carbocycles. The van der Waals surface area contributed by atoms with Crippen LogP contribution in [0, 0.1) is 11.8 Å². The van der Waals surface area contributed by atoms with E-state index < -0.39 is 0 Å². The van der Waals surface area contributed by atoms with E-state index in [-0.39, 0.29) is 16.6 Å². The summed E-state index contributed by atoms with van der Waals surface area (Å²) in [5.74, 6) is 1.15. The van der Waals surface area contributed by atoms with E-state index in [4.69, 9.17) is 17.3 Å². The van der Waals surface area contributed by atoms with Crippen molar-refractivity contribution in [2.45, 2.75) is 25.3 Å². The molecule has 0 aromatic carbocycles. The first-order valence-corrected chi connectivity index (χ1v) is 6.78. The minimum absolute atomic E-state index is 0.234. The molecule has 98 valence electrons. The molecule has 18 heavy (non-hydrogen) atoms. The lowest BCUT2D eigenvalue weighted by Crippen LogP contribution is -2.38. The highest BCUT2D eigenvalue weighted by molar-refractivity contribution is 6.33. The molecule has 2 aliphatic rings. The molecular formula is C12H17ClN4O. The van der Waals surface area contributed by atoms with E-state index in [0.717, 1.165) is 25.2 Å². The van der Waals surface area contributed by atoms with E-state index in [1.165, 1.54) is 12.8 Å². The molecule has 3 atom stereocenters. The molecule has 0 spiro atoms. The molecular weight excluding hydrogens is 252 g/mol. The fraction of sp³-hybridized carbons (Fsp3) is 0.667. The van der Waals surface area contributed by atoms with Gasteiger partial charge in [-0.05, 0) is 24.7 Å². The van der Waals surface area contributed by atoms with Crippen LogP contribution in [-0.4, -0.2) is 29.3 Å². The molecule has 3 N–H and O–H groups in total. The lowest BCUT2D eigenvalue weighted by molar-refractivity contribution is 0.260. The SMILES string of the molecule is NC1CCCC2CN(c3cn[nH]c(=O)c3Cl)CC12. The minimum Gasteiger partial charge on any atom is -0.368 e. The van der Waals surface area contributed by atoms with Gasteiger partial charge in [-0.3, -0.25) is 4.79 Å². The van der Waals surface area contributed by atoms with Gasteiger partial charge in [0.25, 0.3) is 5.56 Å². The molecule has 0 radical (unpaired) electrons. The van der Waals surface area contributed by atoms with Crippen molar-refractivity contribution in [3.63, 3.8) is 0 Å². The van der Waals surface area contributed by atoms with Gasteiger partial charge in [-0.2, -0.15) is 5.10 Å². The summed E-state index contributed by atoms with van der Waals surface area (Å²) in [5, 5.41) is 6.41. The summed E-state index contributed by atoms with van der Waals surface area (Å²) < 4.78 is 0. The standard InChI is InChI=1S/C12H17ClN4O/c13-11-10(4-15-16-12(11)18)17-5-7-2-1-3-9(14)8(7)6-17/h4,7-9H,1-3,5-6,14H2,(H,16,18). The average molecular weight is 269 g/mol. The van der Waals surface area contributed by atoms with Crippen LogP contribution in [0.25, 0.3) is 0 Å². The van der Waals surface area contributed by atoms with Crippen LogP contribution in [-0.2, 0) is 0 Å². The van der Waals surface area contributed by atoms with E-state index in [0.29, 0.717) is 11.8 Å². The summed E-state index contributed by atoms with van der Waals surface area (Å²) in [6, 6.07) is 0.280. The molecule has 2 heterocycles. The van der Waals surface area contributed by atoms with Gasteiger partial charge in [0.15, 0.2) is 0 Å². The van der Waals surface area contributed by atoms with Gasteiger partial charge in [-0.25, -0.2) is 5.10 Å². The number of rotatable bonds is 1. The maximum atomic E-state index is 11.5. The van der Waals surface area contributed by atoms with Crippen LogP contribution in [0.5, 0.6) is 0 Å². The third-order valence-electron chi connectivity index (χ3n) is 4.27. The average Bonchev–Trinajstić information content (AvgIpc) is 2.78. The van der Waals surface area contributed by atoms with Crippen molar-refractivity contribution in [1.82, 2.24) is 10.2 Å². The van der Waals surface area contributed by atoms with Gasteiger partial charge in [0.1, 0.15) is 5.02 Å². The number of hydrogen-bond donors (Lipinski definition) is 2. The van der Waals surface area contributed by atoms with E-state index in [1.807, 2.05) is 0 Å². The molecule has 5 nitrogen and oxygen atoms in total. The number of nitrogens with zero attached hydrogens (tertiary/aromatic N) is 2. The molecule has 0 bridgehead atoms. The molecule has 3 rings (SSSR count). The van der Waals surface area contributed by atoms with Crippen molar-refractivity contribution in [2.75, 3.05) is 18.0 Å². The van der Waals surface area contributed by atoms with Crippen molar-refractivity contribution in [1.29, 1.82) is 0 Å². The van der Waals surface area contributed by atoms with Gasteiger partial charge in [0, 0.05) is 19.1 Å². The summed E-state index contributed by atoms with van der Waals surface area (Å²) in [7, 11) is 0.